The number of aryl methyl sites for hydroxylation is 1. The highest BCUT2D eigenvalue weighted by atomic mass is 79.9. The predicted molar refractivity (Wildman–Crippen MR) is 56.4 cm³/mol. The molecule has 0 radical (unpaired) electrons. The van der Waals surface area contributed by atoms with Gasteiger partial charge in [0.25, 0.3) is 0 Å². The van der Waals surface area contributed by atoms with Crippen LogP contribution in [0.25, 0.3) is 0 Å². The monoisotopic (exact) mass is 239 g/mol. The summed E-state index contributed by atoms with van der Waals surface area (Å²) < 4.78 is 0.756. The summed E-state index contributed by atoms with van der Waals surface area (Å²) >= 11 is 3.28. The number of rotatable bonds is 2. The molecule has 0 spiro atoms. The van der Waals surface area contributed by atoms with Crippen LogP contribution in [0.2, 0.25) is 0 Å². The Hall–Kier alpha value is -1.08. The molecule has 0 aliphatic carbocycles. The van der Waals surface area contributed by atoms with E-state index in [4.69, 9.17) is 6.42 Å². The standard InChI is InChI=1S/C9H10BrN3/c1-4-6(2)11-9-5-8(10)12-7(3)13-9/h1,5-6H,2-3H3,(H,11,12,13). The fourth-order valence-corrected chi connectivity index (χ4v) is 1.34. The molecule has 1 N–H and O–H groups in total. The van der Waals surface area contributed by atoms with Crippen molar-refractivity contribution in [3.63, 3.8) is 0 Å². The molecule has 4 heteroatoms. The number of nitrogens with one attached hydrogen (secondary N) is 1. The number of hydrogen-bond acceptors (Lipinski definition) is 3. The highest BCUT2D eigenvalue weighted by Gasteiger charge is 2.01. The van der Waals surface area contributed by atoms with Crippen molar-refractivity contribution < 1.29 is 0 Å². The van der Waals surface area contributed by atoms with Crippen LogP contribution in [0.3, 0.4) is 0 Å². The third kappa shape index (κ3) is 3.03. The van der Waals surface area contributed by atoms with Gasteiger partial charge in [-0.1, -0.05) is 5.92 Å². The second kappa shape index (κ2) is 4.24. The third-order valence-corrected chi connectivity index (χ3v) is 1.83. The molecule has 3 nitrogen and oxygen atoms in total. The molecular weight excluding hydrogens is 230 g/mol. The Kier molecular flexibility index (Phi) is 3.26. The van der Waals surface area contributed by atoms with Crippen molar-refractivity contribution in [3.05, 3.63) is 16.5 Å². The lowest BCUT2D eigenvalue weighted by molar-refractivity contribution is 0.971. The molecule has 1 atom stereocenters. The van der Waals surface area contributed by atoms with Gasteiger partial charge in [0.15, 0.2) is 0 Å². The molecule has 0 saturated carbocycles. The zero-order chi connectivity index (χ0) is 9.84. The second-order valence-electron chi connectivity index (χ2n) is 2.66. The number of anilines is 1. The van der Waals surface area contributed by atoms with Gasteiger partial charge in [-0.25, -0.2) is 9.97 Å². The first-order valence-electron chi connectivity index (χ1n) is 3.85. The minimum absolute atomic E-state index is 0.0267. The Morgan fingerprint density at radius 2 is 2.31 bits per heavy atom. The normalized spacial score (nSPS) is 11.8. The Balaban J connectivity index is 2.84. The van der Waals surface area contributed by atoms with E-state index in [1.165, 1.54) is 0 Å². The Morgan fingerprint density at radius 1 is 1.62 bits per heavy atom. The van der Waals surface area contributed by atoms with E-state index in [0.29, 0.717) is 5.82 Å². The number of hydrogen-bond donors (Lipinski definition) is 1. The third-order valence-electron chi connectivity index (χ3n) is 1.42. The SMILES string of the molecule is C#CC(C)Nc1cc(Br)nc(C)n1. The van der Waals surface area contributed by atoms with Gasteiger partial charge in [0.2, 0.25) is 0 Å². The summed E-state index contributed by atoms with van der Waals surface area (Å²) in [6.07, 6.45) is 5.23. The first-order chi connectivity index (χ1) is 6.11. The molecule has 0 bridgehead atoms. The van der Waals surface area contributed by atoms with E-state index < -0.39 is 0 Å². The molecule has 0 amide bonds. The van der Waals surface area contributed by atoms with Crippen molar-refractivity contribution in [3.8, 4) is 12.3 Å². The van der Waals surface area contributed by atoms with Crippen LogP contribution in [0.5, 0.6) is 0 Å². The maximum absolute atomic E-state index is 5.23. The largest absolute Gasteiger partial charge is 0.357 e. The van der Waals surface area contributed by atoms with Crippen molar-refractivity contribution in [2.24, 2.45) is 0 Å². The summed E-state index contributed by atoms with van der Waals surface area (Å²) in [5.74, 6) is 4.02. The summed E-state index contributed by atoms with van der Waals surface area (Å²) in [7, 11) is 0. The van der Waals surface area contributed by atoms with Crippen LogP contribution in [0.1, 0.15) is 12.7 Å². The van der Waals surface area contributed by atoms with Gasteiger partial charge in [-0.3, -0.25) is 0 Å². The van der Waals surface area contributed by atoms with Crippen LogP contribution in [0, 0.1) is 19.3 Å². The van der Waals surface area contributed by atoms with Gasteiger partial charge in [0.05, 0.1) is 6.04 Å². The quantitative estimate of drug-likeness (QED) is 0.634. The average Bonchev–Trinajstić information content (AvgIpc) is 2.02. The molecule has 13 heavy (non-hydrogen) atoms. The van der Waals surface area contributed by atoms with Crippen molar-refractivity contribution in [1.82, 2.24) is 9.97 Å². The van der Waals surface area contributed by atoms with Gasteiger partial charge in [-0.05, 0) is 29.8 Å². The minimum Gasteiger partial charge on any atom is -0.357 e. The van der Waals surface area contributed by atoms with E-state index in [1.807, 2.05) is 13.8 Å². The van der Waals surface area contributed by atoms with E-state index in [2.05, 4.69) is 37.1 Å². The lowest BCUT2D eigenvalue weighted by atomic mass is 10.3. The summed E-state index contributed by atoms with van der Waals surface area (Å²) in [5, 5.41) is 3.06. The van der Waals surface area contributed by atoms with Crippen molar-refractivity contribution in [1.29, 1.82) is 0 Å². The van der Waals surface area contributed by atoms with Crippen LogP contribution in [-0.4, -0.2) is 16.0 Å². The van der Waals surface area contributed by atoms with Crippen LogP contribution in [0.15, 0.2) is 10.7 Å². The first kappa shape index (κ1) is 10.0. The molecule has 0 aliphatic rings. The smallest absolute Gasteiger partial charge is 0.131 e. The number of nitrogens with zero attached hydrogens (tertiary/aromatic N) is 2. The van der Waals surface area contributed by atoms with E-state index in [0.717, 1.165) is 10.4 Å². The molecule has 0 fully saturated rings. The zero-order valence-corrected chi connectivity index (χ0v) is 9.09. The number of halogens is 1. The van der Waals surface area contributed by atoms with E-state index >= 15 is 0 Å². The van der Waals surface area contributed by atoms with Crippen molar-refractivity contribution in [2.45, 2.75) is 19.9 Å². The Bertz CT molecular complexity index is 323. The molecule has 0 saturated heterocycles. The fourth-order valence-electron chi connectivity index (χ4n) is 0.869. The molecule has 1 unspecified atom stereocenters. The number of terminal acetylenes is 1. The van der Waals surface area contributed by atoms with Gasteiger partial charge >= 0.3 is 0 Å². The van der Waals surface area contributed by atoms with Crippen molar-refractivity contribution >= 4 is 21.7 Å². The van der Waals surface area contributed by atoms with Gasteiger partial charge in [-0.15, -0.1) is 6.42 Å². The van der Waals surface area contributed by atoms with Gasteiger partial charge < -0.3 is 5.32 Å². The van der Waals surface area contributed by atoms with E-state index in [9.17, 15) is 0 Å². The minimum atomic E-state index is -0.0267. The lowest BCUT2D eigenvalue weighted by Gasteiger charge is -2.08. The molecule has 0 aliphatic heterocycles. The van der Waals surface area contributed by atoms with Crippen LogP contribution in [0.4, 0.5) is 5.82 Å². The van der Waals surface area contributed by atoms with Crippen LogP contribution < -0.4 is 5.32 Å². The molecular formula is C9H10BrN3. The molecule has 1 rings (SSSR count). The second-order valence-corrected chi connectivity index (χ2v) is 3.47. The van der Waals surface area contributed by atoms with Gasteiger partial charge in [-0.2, -0.15) is 0 Å². The fraction of sp³-hybridized carbons (Fsp3) is 0.333. The summed E-state index contributed by atoms with van der Waals surface area (Å²) in [6, 6.07) is 1.77. The molecule has 0 aromatic carbocycles. The maximum Gasteiger partial charge on any atom is 0.131 e. The number of aromatic nitrogens is 2. The first-order valence-corrected chi connectivity index (χ1v) is 4.65. The molecule has 1 heterocycles. The zero-order valence-electron chi connectivity index (χ0n) is 7.50. The molecule has 1 aromatic rings. The molecule has 68 valence electrons. The summed E-state index contributed by atoms with van der Waals surface area (Å²) in [6.45, 7) is 3.72. The van der Waals surface area contributed by atoms with E-state index in [-0.39, 0.29) is 6.04 Å². The van der Waals surface area contributed by atoms with Gasteiger partial charge in [0, 0.05) is 6.07 Å². The molecule has 1 aromatic heterocycles. The predicted octanol–water partition coefficient (Wildman–Crippen LogP) is 1.98. The van der Waals surface area contributed by atoms with E-state index in [1.54, 1.807) is 6.07 Å². The lowest BCUT2D eigenvalue weighted by Crippen LogP contribution is -2.13. The highest BCUT2D eigenvalue weighted by molar-refractivity contribution is 9.10. The topological polar surface area (TPSA) is 37.8 Å². The van der Waals surface area contributed by atoms with Crippen LogP contribution >= 0.6 is 15.9 Å². The average molecular weight is 240 g/mol. The summed E-state index contributed by atoms with van der Waals surface area (Å²) in [4.78, 5) is 8.26. The Labute approximate surface area is 86.1 Å². The van der Waals surface area contributed by atoms with Crippen LogP contribution in [-0.2, 0) is 0 Å². The summed E-state index contributed by atoms with van der Waals surface area (Å²) in [5.41, 5.74) is 0. The Morgan fingerprint density at radius 3 is 2.85 bits per heavy atom. The van der Waals surface area contributed by atoms with Gasteiger partial charge in [0.1, 0.15) is 16.2 Å². The highest BCUT2D eigenvalue weighted by Crippen LogP contribution is 2.12. The van der Waals surface area contributed by atoms with Crippen molar-refractivity contribution in [2.75, 3.05) is 5.32 Å². The maximum atomic E-state index is 5.23.